The van der Waals surface area contributed by atoms with Crippen molar-refractivity contribution in [2.45, 2.75) is 58.7 Å². The first-order valence-corrected chi connectivity index (χ1v) is 8.21. The molecule has 2 fully saturated rings. The highest BCUT2D eigenvalue weighted by molar-refractivity contribution is 6.61. The number of hydrogen-bond acceptors (Lipinski definition) is 5. The zero-order valence-corrected chi connectivity index (χ0v) is 14.3. The van der Waals surface area contributed by atoms with Crippen molar-refractivity contribution in [3.63, 3.8) is 0 Å². The maximum Gasteiger partial charge on any atom is 0.516 e. The van der Waals surface area contributed by atoms with Gasteiger partial charge in [-0.25, -0.2) is 4.98 Å². The Bertz CT molecular complexity index is 534. The fourth-order valence-corrected chi connectivity index (χ4v) is 3.00. The van der Waals surface area contributed by atoms with Crippen LogP contribution in [0.25, 0.3) is 0 Å². The highest BCUT2D eigenvalue weighted by Gasteiger charge is 2.52. The summed E-state index contributed by atoms with van der Waals surface area (Å²) in [6, 6.07) is 0. The third-order valence-electron chi connectivity index (χ3n) is 5.12. The highest BCUT2D eigenvalue weighted by Crippen LogP contribution is 2.36. The van der Waals surface area contributed by atoms with E-state index in [9.17, 15) is 0 Å². The molecule has 1 unspecified atom stereocenters. The lowest BCUT2D eigenvalue weighted by molar-refractivity contribution is 0.00578. The van der Waals surface area contributed by atoms with Crippen LogP contribution in [0.4, 0.5) is 5.82 Å². The summed E-state index contributed by atoms with van der Waals surface area (Å²) in [4.78, 5) is 11.4. The van der Waals surface area contributed by atoms with Crippen LogP contribution in [0.2, 0.25) is 0 Å². The molecule has 3 heterocycles. The molecular weight excluding hydrogens is 277 g/mol. The Kier molecular flexibility index (Phi) is 3.93. The van der Waals surface area contributed by atoms with E-state index in [1.54, 1.807) is 6.20 Å². The van der Waals surface area contributed by atoms with Gasteiger partial charge in [0.15, 0.2) is 0 Å². The number of rotatable bonds is 2. The molecule has 2 saturated heterocycles. The van der Waals surface area contributed by atoms with Gasteiger partial charge < -0.3 is 14.2 Å². The number of hydrogen-bond donors (Lipinski definition) is 0. The molecule has 2 aliphatic heterocycles. The van der Waals surface area contributed by atoms with E-state index in [1.165, 1.54) is 12.8 Å². The van der Waals surface area contributed by atoms with Crippen molar-refractivity contribution in [1.29, 1.82) is 0 Å². The van der Waals surface area contributed by atoms with E-state index in [1.807, 2.05) is 6.20 Å². The van der Waals surface area contributed by atoms with E-state index >= 15 is 0 Å². The number of nitrogens with zero attached hydrogens (tertiary/aromatic N) is 3. The third kappa shape index (κ3) is 2.86. The molecule has 0 radical (unpaired) electrons. The fourth-order valence-electron chi connectivity index (χ4n) is 3.00. The number of piperidine rings is 1. The van der Waals surface area contributed by atoms with Gasteiger partial charge in [-0.1, -0.05) is 6.92 Å². The van der Waals surface area contributed by atoms with Crippen molar-refractivity contribution in [1.82, 2.24) is 9.97 Å². The van der Waals surface area contributed by atoms with Gasteiger partial charge in [-0.15, -0.1) is 0 Å². The topological polar surface area (TPSA) is 47.5 Å². The van der Waals surface area contributed by atoms with Gasteiger partial charge >= 0.3 is 7.12 Å². The van der Waals surface area contributed by atoms with Gasteiger partial charge in [0.2, 0.25) is 0 Å². The molecule has 1 aromatic rings. The quantitative estimate of drug-likeness (QED) is 0.782. The molecule has 0 aliphatic carbocycles. The Morgan fingerprint density at radius 3 is 2.50 bits per heavy atom. The van der Waals surface area contributed by atoms with Crippen LogP contribution in [0.5, 0.6) is 0 Å². The summed E-state index contributed by atoms with van der Waals surface area (Å²) in [7, 11) is -0.445. The Morgan fingerprint density at radius 2 is 1.86 bits per heavy atom. The molecule has 22 heavy (non-hydrogen) atoms. The molecule has 6 heteroatoms. The maximum atomic E-state index is 6.07. The van der Waals surface area contributed by atoms with E-state index in [0.717, 1.165) is 24.5 Å². The second-order valence-corrected chi connectivity index (χ2v) is 7.58. The molecule has 0 amide bonds. The SMILES string of the molecule is CC1CCCN(c2cncc(B3OC(C)(C)C(C)(C)O3)n2)C1. The van der Waals surface area contributed by atoms with E-state index in [-0.39, 0.29) is 11.2 Å². The van der Waals surface area contributed by atoms with E-state index in [4.69, 9.17) is 14.3 Å². The fraction of sp³-hybridized carbons (Fsp3) is 0.750. The average Bonchev–Trinajstić information content (AvgIpc) is 2.68. The van der Waals surface area contributed by atoms with Crippen molar-refractivity contribution in [2.24, 2.45) is 5.92 Å². The van der Waals surface area contributed by atoms with Crippen molar-refractivity contribution < 1.29 is 9.31 Å². The predicted molar refractivity (Wildman–Crippen MR) is 88.4 cm³/mol. The molecule has 3 rings (SSSR count). The first kappa shape index (κ1) is 15.7. The van der Waals surface area contributed by atoms with E-state index < -0.39 is 7.12 Å². The predicted octanol–water partition coefficient (Wildman–Crippen LogP) is 2.01. The van der Waals surface area contributed by atoms with Crippen LogP contribution in [0, 0.1) is 5.92 Å². The first-order chi connectivity index (χ1) is 10.3. The largest absolute Gasteiger partial charge is 0.516 e. The molecule has 120 valence electrons. The summed E-state index contributed by atoms with van der Waals surface area (Å²) in [5.74, 6) is 1.63. The second kappa shape index (κ2) is 5.50. The zero-order chi connectivity index (χ0) is 16.0. The summed E-state index contributed by atoms with van der Waals surface area (Å²) >= 11 is 0. The van der Waals surface area contributed by atoms with Crippen LogP contribution in [-0.4, -0.2) is 41.4 Å². The van der Waals surface area contributed by atoms with Crippen LogP contribution in [0.15, 0.2) is 12.4 Å². The molecule has 5 nitrogen and oxygen atoms in total. The zero-order valence-electron chi connectivity index (χ0n) is 14.3. The summed E-state index contributed by atoms with van der Waals surface area (Å²) in [5.41, 5.74) is 0.0543. The molecule has 2 aliphatic rings. The average molecular weight is 303 g/mol. The first-order valence-electron chi connectivity index (χ1n) is 8.21. The van der Waals surface area contributed by atoms with Gasteiger partial charge in [0.05, 0.1) is 23.0 Å². The lowest BCUT2D eigenvalue weighted by Gasteiger charge is -2.32. The number of aromatic nitrogens is 2. The molecule has 0 spiro atoms. The van der Waals surface area contributed by atoms with Crippen LogP contribution in [0.1, 0.15) is 47.5 Å². The van der Waals surface area contributed by atoms with Crippen molar-refractivity contribution in [2.75, 3.05) is 18.0 Å². The molecule has 0 saturated carbocycles. The van der Waals surface area contributed by atoms with E-state index in [2.05, 4.69) is 44.5 Å². The van der Waals surface area contributed by atoms with E-state index in [0.29, 0.717) is 5.92 Å². The van der Waals surface area contributed by atoms with Crippen molar-refractivity contribution in [3.8, 4) is 0 Å². The second-order valence-electron chi connectivity index (χ2n) is 7.58. The number of anilines is 1. The molecule has 0 aromatic carbocycles. The van der Waals surface area contributed by atoms with Gasteiger partial charge in [-0.05, 0) is 46.5 Å². The van der Waals surface area contributed by atoms with Crippen LogP contribution < -0.4 is 10.5 Å². The molecule has 0 N–H and O–H groups in total. The lowest BCUT2D eigenvalue weighted by atomic mass is 9.85. The summed E-state index contributed by atoms with van der Waals surface area (Å²) in [5, 5.41) is 0. The van der Waals surface area contributed by atoms with Gasteiger partial charge in [0.1, 0.15) is 5.82 Å². The minimum Gasteiger partial charge on any atom is -0.398 e. The monoisotopic (exact) mass is 303 g/mol. The van der Waals surface area contributed by atoms with Crippen molar-refractivity contribution in [3.05, 3.63) is 12.4 Å². The highest BCUT2D eigenvalue weighted by atomic mass is 16.7. The van der Waals surface area contributed by atoms with Gasteiger partial charge in [-0.2, -0.15) is 0 Å². The smallest absolute Gasteiger partial charge is 0.398 e. The minimum absolute atomic E-state index is 0.352. The molecule has 0 bridgehead atoms. The molecule has 1 aromatic heterocycles. The van der Waals surface area contributed by atoms with Crippen LogP contribution in [-0.2, 0) is 9.31 Å². The maximum absolute atomic E-state index is 6.07. The minimum atomic E-state index is -0.445. The van der Waals surface area contributed by atoms with Gasteiger partial charge in [0.25, 0.3) is 0 Å². The van der Waals surface area contributed by atoms with Crippen LogP contribution in [0.3, 0.4) is 0 Å². The summed E-state index contributed by atoms with van der Waals surface area (Å²) in [6.45, 7) is 12.6. The van der Waals surface area contributed by atoms with Crippen molar-refractivity contribution >= 4 is 18.5 Å². The normalized spacial score (nSPS) is 27.2. The Hall–Kier alpha value is -1.14. The van der Waals surface area contributed by atoms with Crippen LogP contribution >= 0.6 is 0 Å². The standard InChI is InChI=1S/C16H26BN3O2/c1-12-7-6-8-20(11-12)14-10-18-9-13(19-14)17-21-15(2,3)16(4,5)22-17/h9-10,12H,6-8,11H2,1-5H3. The molecule has 1 atom stereocenters. The third-order valence-corrected chi connectivity index (χ3v) is 5.12. The molecular formula is C16H26BN3O2. The summed E-state index contributed by atoms with van der Waals surface area (Å²) < 4.78 is 12.1. The summed E-state index contributed by atoms with van der Waals surface area (Å²) in [6.07, 6.45) is 6.09. The van der Waals surface area contributed by atoms with Gasteiger partial charge in [-0.3, -0.25) is 4.98 Å². The Morgan fingerprint density at radius 1 is 1.18 bits per heavy atom. The van der Waals surface area contributed by atoms with Gasteiger partial charge in [0, 0.05) is 19.3 Å². The Balaban J connectivity index is 1.80. The lowest BCUT2D eigenvalue weighted by Crippen LogP contribution is -2.41. The Labute approximate surface area is 133 Å².